The summed E-state index contributed by atoms with van der Waals surface area (Å²) in [6.07, 6.45) is 0.178. The number of benzene rings is 1. The summed E-state index contributed by atoms with van der Waals surface area (Å²) in [4.78, 5) is 25.6. The Balaban J connectivity index is 1.73. The molecule has 1 heterocycles. The first-order valence-electron chi connectivity index (χ1n) is 9.01. The fourth-order valence-corrected chi connectivity index (χ4v) is 2.64. The van der Waals surface area contributed by atoms with Crippen molar-refractivity contribution in [3.63, 3.8) is 0 Å². The number of nitrogens with zero attached hydrogens (tertiary/aromatic N) is 3. The highest BCUT2D eigenvalue weighted by atomic mass is 16.5. The molecule has 0 fully saturated rings. The zero-order chi connectivity index (χ0) is 19.8. The molecule has 0 radical (unpaired) electrons. The second-order valence-corrected chi connectivity index (χ2v) is 6.39. The average Bonchev–Trinajstić information content (AvgIpc) is 2.97. The number of likely N-dealkylation sites (N-methyl/N-ethyl adjacent to an activating group) is 1. The number of carbonyl (C=O) groups is 2. The molecule has 7 nitrogen and oxygen atoms in total. The van der Waals surface area contributed by atoms with Gasteiger partial charge in [0, 0.05) is 19.3 Å². The standard InChI is InChI=1S/C20H27N3O4/c1-5-26-18-8-6-17(7-9-18)13-22(4)19(24)14-27-20(25)10-11-23-16(3)12-15(2)21-23/h6-9,12H,5,10-11,13-14H2,1-4H3. The molecule has 7 heteroatoms. The number of aromatic nitrogens is 2. The summed E-state index contributed by atoms with van der Waals surface area (Å²) in [7, 11) is 1.68. The van der Waals surface area contributed by atoms with E-state index >= 15 is 0 Å². The molecule has 0 bridgehead atoms. The number of ether oxygens (including phenoxy) is 2. The van der Waals surface area contributed by atoms with Crippen molar-refractivity contribution in [2.45, 2.75) is 40.3 Å². The van der Waals surface area contributed by atoms with Crippen molar-refractivity contribution in [1.82, 2.24) is 14.7 Å². The SMILES string of the molecule is CCOc1ccc(CN(C)C(=O)COC(=O)CCn2nc(C)cc2C)cc1. The number of rotatable bonds is 9. The van der Waals surface area contributed by atoms with E-state index in [0.717, 1.165) is 22.7 Å². The molecule has 0 N–H and O–H groups in total. The van der Waals surface area contributed by atoms with Gasteiger partial charge in [0.25, 0.3) is 5.91 Å². The molecule has 0 spiro atoms. The minimum atomic E-state index is -0.412. The maximum Gasteiger partial charge on any atom is 0.308 e. The number of hydrogen-bond donors (Lipinski definition) is 0. The summed E-state index contributed by atoms with van der Waals surface area (Å²) in [6.45, 7) is 7.00. The van der Waals surface area contributed by atoms with E-state index in [2.05, 4.69) is 5.10 Å². The first-order chi connectivity index (χ1) is 12.9. The van der Waals surface area contributed by atoms with E-state index in [0.29, 0.717) is 19.7 Å². The molecule has 1 aromatic carbocycles. The lowest BCUT2D eigenvalue weighted by atomic mass is 10.2. The van der Waals surface area contributed by atoms with E-state index in [4.69, 9.17) is 9.47 Å². The van der Waals surface area contributed by atoms with Gasteiger partial charge in [-0.15, -0.1) is 0 Å². The molecular weight excluding hydrogens is 346 g/mol. The van der Waals surface area contributed by atoms with Gasteiger partial charge in [-0.3, -0.25) is 14.3 Å². The topological polar surface area (TPSA) is 73.7 Å². The predicted molar refractivity (Wildman–Crippen MR) is 101 cm³/mol. The Morgan fingerprint density at radius 3 is 2.48 bits per heavy atom. The summed E-state index contributed by atoms with van der Waals surface area (Å²) in [6, 6.07) is 9.52. The molecule has 1 amide bonds. The minimum Gasteiger partial charge on any atom is -0.494 e. The van der Waals surface area contributed by atoms with Crippen LogP contribution in [0.1, 0.15) is 30.3 Å². The smallest absolute Gasteiger partial charge is 0.308 e. The van der Waals surface area contributed by atoms with E-state index in [-0.39, 0.29) is 18.9 Å². The summed E-state index contributed by atoms with van der Waals surface area (Å²) in [5.74, 6) is 0.139. The van der Waals surface area contributed by atoms with Crippen molar-refractivity contribution in [3.8, 4) is 5.75 Å². The molecule has 0 aliphatic heterocycles. The van der Waals surface area contributed by atoms with Crippen LogP contribution < -0.4 is 4.74 Å². The Hall–Kier alpha value is -2.83. The molecular formula is C20H27N3O4. The van der Waals surface area contributed by atoms with Gasteiger partial charge >= 0.3 is 5.97 Å². The Morgan fingerprint density at radius 1 is 1.19 bits per heavy atom. The van der Waals surface area contributed by atoms with Gasteiger partial charge in [0.05, 0.1) is 25.3 Å². The molecule has 0 saturated heterocycles. The lowest BCUT2D eigenvalue weighted by Gasteiger charge is -2.17. The Bertz CT molecular complexity index is 768. The third-order valence-electron chi connectivity index (χ3n) is 4.07. The van der Waals surface area contributed by atoms with E-state index in [9.17, 15) is 9.59 Å². The van der Waals surface area contributed by atoms with E-state index in [1.54, 1.807) is 11.7 Å². The second-order valence-electron chi connectivity index (χ2n) is 6.39. The Kier molecular flexibility index (Phi) is 7.40. The average molecular weight is 373 g/mol. The van der Waals surface area contributed by atoms with Crippen LogP contribution in [0, 0.1) is 13.8 Å². The van der Waals surface area contributed by atoms with Gasteiger partial charge in [-0.2, -0.15) is 5.10 Å². The maximum atomic E-state index is 12.2. The van der Waals surface area contributed by atoms with Crippen molar-refractivity contribution in [3.05, 3.63) is 47.3 Å². The van der Waals surface area contributed by atoms with Crippen LogP contribution in [0.15, 0.2) is 30.3 Å². The normalized spacial score (nSPS) is 10.5. The van der Waals surface area contributed by atoms with Crippen LogP contribution in [0.3, 0.4) is 0 Å². The van der Waals surface area contributed by atoms with Crippen LogP contribution in [0.5, 0.6) is 5.75 Å². The molecule has 0 saturated carbocycles. The zero-order valence-corrected chi connectivity index (χ0v) is 16.4. The number of carbonyl (C=O) groups excluding carboxylic acids is 2. The van der Waals surface area contributed by atoms with Gasteiger partial charge < -0.3 is 14.4 Å². The first kappa shape index (κ1) is 20.5. The van der Waals surface area contributed by atoms with Gasteiger partial charge in [-0.25, -0.2) is 0 Å². The van der Waals surface area contributed by atoms with Gasteiger partial charge in [-0.05, 0) is 44.5 Å². The Morgan fingerprint density at radius 2 is 1.89 bits per heavy atom. The van der Waals surface area contributed by atoms with Crippen LogP contribution in [0.2, 0.25) is 0 Å². The summed E-state index contributed by atoms with van der Waals surface area (Å²) < 4.78 is 12.2. The molecule has 0 atom stereocenters. The third kappa shape index (κ3) is 6.44. The molecule has 0 aliphatic rings. The molecule has 2 aromatic rings. The molecule has 0 unspecified atom stereocenters. The lowest BCUT2D eigenvalue weighted by Crippen LogP contribution is -2.31. The van der Waals surface area contributed by atoms with Crippen molar-refractivity contribution in [2.75, 3.05) is 20.3 Å². The lowest BCUT2D eigenvalue weighted by molar-refractivity contribution is -0.151. The summed E-state index contributed by atoms with van der Waals surface area (Å²) in [5.41, 5.74) is 2.88. The fourth-order valence-electron chi connectivity index (χ4n) is 2.64. The van der Waals surface area contributed by atoms with Crippen LogP contribution >= 0.6 is 0 Å². The van der Waals surface area contributed by atoms with Gasteiger partial charge in [0.1, 0.15) is 5.75 Å². The van der Waals surface area contributed by atoms with Crippen LogP contribution in [0.25, 0.3) is 0 Å². The van der Waals surface area contributed by atoms with Gasteiger partial charge in [-0.1, -0.05) is 12.1 Å². The van der Waals surface area contributed by atoms with Crippen LogP contribution in [0.4, 0.5) is 0 Å². The highest BCUT2D eigenvalue weighted by molar-refractivity contribution is 5.80. The van der Waals surface area contributed by atoms with Gasteiger partial charge in [0.15, 0.2) is 6.61 Å². The van der Waals surface area contributed by atoms with E-state index < -0.39 is 5.97 Å². The molecule has 1 aromatic heterocycles. The van der Waals surface area contributed by atoms with Gasteiger partial charge in [0.2, 0.25) is 0 Å². The number of hydrogen-bond acceptors (Lipinski definition) is 5. The predicted octanol–water partition coefficient (Wildman–Crippen LogP) is 2.49. The molecule has 0 aliphatic carbocycles. The molecule has 146 valence electrons. The Labute approximate surface area is 159 Å². The first-order valence-corrected chi connectivity index (χ1v) is 9.01. The monoisotopic (exact) mass is 373 g/mol. The largest absolute Gasteiger partial charge is 0.494 e. The van der Waals surface area contributed by atoms with E-state index in [1.165, 1.54) is 4.90 Å². The second kappa shape index (κ2) is 9.75. The molecule has 27 heavy (non-hydrogen) atoms. The summed E-state index contributed by atoms with van der Waals surface area (Å²) in [5, 5.41) is 4.30. The quantitative estimate of drug-likeness (QED) is 0.632. The number of esters is 1. The number of amides is 1. The van der Waals surface area contributed by atoms with Crippen molar-refractivity contribution < 1.29 is 19.1 Å². The molecule has 2 rings (SSSR count). The maximum absolute atomic E-state index is 12.2. The summed E-state index contributed by atoms with van der Waals surface area (Å²) >= 11 is 0. The zero-order valence-electron chi connectivity index (χ0n) is 16.4. The van der Waals surface area contributed by atoms with Crippen molar-refractivity contribution in [2.24, 2.45) is 0 Å². The number of aryl methyl sites for hydroxylation is 3. The minimum absolute atomic E-state index is 0.178. The van der Waals surface area contributed by atoms with E-state index in [1.807, 2.05) is 51.1 Å². The van der Waals surface area contributed by atoms with Crippen LogP contribution in [-0.2, 0) is 27.4 Å². The third-order valence-corrected chi connectivity index (χ3v) is 4.07. The van der Waals surface area contributed by atoms with Crippen molar-refractivity contribution >= 4 is 11.9 Å². The van der Waals surface area contributed by atoms with Crippen molar-refractivity contribution in [1.29, 1.82) is 0 Å². The van der Waals surface area contributed by atoms with Crippen LogP contribution in [-0.4, -0.2) is 46.8 Å². The fraction of sp³-hybridized carbons (Fsp3) is 0.450. The highest BCUT2D eigenvalue weighted by Crippen LogP contribution is 2.13. The highest BCUT2D eigenvalue weighted by Gasteiger charge is 2.13.